The highest BCUT2D eigenvalue weighted by Crippen LogP contribution is 2.46. The number of hydrogen-bond acceptors (Lipinski definition) is 7. The van der Waals surface area contributed by atoms with E-state index in [1.807, 2.05) is 0 Å². The molecular weight excluding hydrogens is 446 g/mol. The number of fused-ring (bicyclic) bond motifs is 1. The number of nitrogens with one attached hydrogen (secondary N) is 1. The zero-order chi connectivity index (χ0) is 24.6. The van der Waals surface area contributed by atoms with Crippen molar-refractivity contribution < 1.29 is 34.3 Å². The lowest BCUT2D eigenvalue weighted by molar-refractivity contribution is -0.384. The number of carbonyl (C=O) groups is 4. The van der Waals surface area contributed by atoms with E-state index in [-0.39, 0.29) is 11.4 Å². The maximum Gasteiger partial charge on any atom is 0.325 e. The molecule has 2 heterocycles. The molecule has 2 amide bonds. The van der Waals surface area contributed by atoms with Crippen molar-refractivity contribution in [2.75, 3.05) is 4.90 Å². The van der Waals surface area contributed by atoms with E-state index in [1.54, 1.807) is 36.4 Å². The summed E-state index contributed by atoms with van der Waals surface area (Å²) in [5, 5.41) is 33.3. The van der Waals surface area contributed by atoms with Gasteiger partial charge in [-0.1, -0.05) is 48.6 Å². The molecule has 3 N–H and O–H groups in total. The van der Waals surface area contributed by atoms with E-state index in [9.17, 15) is 39.5 Å². The van der Waals surface area contributed by atoms with Gasteiger partial charge < -0.3 is 10.2 Å². The molecule has 11 nitrogen and oxygen atoms in total. The third-order valence-corrected chi connectivity index (χ3v) is 6.10. The second-order valence-electron chi connectivity index (χ2n) is 8.08. The predicted octanol–water partition coefficient (Wildman–Crippen LogP) is 1.68. The maximum absolute atomic E-state index is 13.4. The Balaban J connectivity index is 1.80. The summed E-state index contributed by atoms with van der Waals surface area (Å²) in [4.78, 5) is 62.0. The molecule has 4 atom stereocenters. The van der Waals surface area contributed by atoms with E-state index in [4.69, 9.17) is 0 Å². The first kappa shape index (κ1) is 22.8. The average molecular weight is 465 g/mol. The topological polar surface area (TPSA) is 167 Å². The van der Waals surface area contributed by atoms with Crippen molar-refractivity contribution in [3.8, 4) is 0 Å². The lowest BCUT2D eigenvalue weighted by Gasteiger charge is -2.29. The van der Waals surface area contributed by atoms with Crippen LogP contribution in [0.1, 0.15) is 12.0 Å². The summed E-state index contributed by atoms with van der Waals surface area (Å²) in [6.45, 7) is 0. The fourth-order valence-electron chi connectivity index (χ4n) is 4.66. The van der Waals surface area contributed by atoms with E-state index in [0.29, 0.717) is 4.90 Å². The Kier molecular flexibility index (Phi) is 5.71. The van der Waals surface area contributed by atoms with Crippen molar-refractivity contribution in [3.63, 3.8) is 0 Å². The van der Waals surface area contributed by atoms with Gasteiger partial charge in [0.25, 0.3) is 5.69 Å². The number of hydrogen-bond donors (Lipinski definition) is 3. The normalized spacial score (nSPS) is 26.1. The van der Waals surface area contributed by atoms with Crippen molar-refractivity contribution in [3.05, 3.63) is 76.4 Å². The van der Waals surface area contributed by atoms with Gasteiger partial charge in [0.05, 0.1) is 28.9 Å². The van der Waals surface area contributed by atoms with Crippen LogP contribution in [0.15, 0.2) is 60.7 Å². The number of carboxylic acid groups (broad SMARTS) is 2. The summed E-state index contributed by atoms with van der Waals surface area (Å²) >= 11 is 0. The number of anilines is 1. The molecule has 0 spiro atoms. The van der Waals surface area contributed by atoms with Crippen LogP contribution < -0.4 is 10.2 Å². The third-order valence-electron chi connectivity index (χ3n) is 6.10. The van der Waals surface area contributed by atoms with Crippen LogP contribution in [0.5, 0.6) is 0 Å². The van der Waals surface area contributed by atoms with Gasteiger partial charge >= 0.3 is 11.9 Å². The van der Waals surface area contributed by atoms with Gasteiger partial charge in [0.15, 0.2) is 0 Å². The van der Waals surface area contributed by atoms with Gasteiger partial charge in [0, 0.05) is 18.2 Å². The highest BCUT2D eigenvalue weighted by molar-refractivity contribution is 6.24. The Hall–Kier alpha value is -4.38. The number of benzene rings is 2. The molecule has 34 heavy (non-hydrogen) atoms. The van der Waals surface area contributed by atoms with Crippen LogP contribution >= 0.6 is 0 Å². The van der Waals surface area contributed by atoms with Crippen LogP contribution in [0.25, 0.3) is 6.08 Å². The Morgan fingerprint density at radius 1 is 1.09 bits per heavy atom. The van der Waals surface area contributed by atoms with Crippen LogP contribution in [0.4, 0.5) is 11.4 Å². The van der Waals surface area contributed by atoms with Crippen molar-refractivity contribution in [1.82, 2.24) is 5.32 Å². The SMILES string of the molecule is O=C(O)CC1(C(=O)O)NC(C=Cc2ccccc2)C2C(=O)N(c3cccc([N+](=O)[O-])c3)C(=O)C21. The largest absolute Gasteiger partial charge is 0.481 e. The number of nitro groups is 1. The molecular formula is C23H19N3O8. The second-order valence-corrected chi connectivity index (χ2v) is 8.08. The minimum Gasteiger partial charge on any atom is -0.481 e. The molecule has 174 valence electrons. The number of nitrogens with zero attached hydrogens (tertiary/aromatic N) is 2. The van der Waals surface area contributed by atoms with Gasteiger partial charge in [-0.05, 0) is 11.6 Å². The molecule has 0 saturated carbocycles. The molecule has 4 unspecified atom stereocenters. The molecule has 0 aliphatic carbocycles. The molecule has 4 rings (SSSR count). The summed E-state index contributed by atoms with van der Waals surface area (Å²) in [5.41, 5.74) is -1.94. The molecule has 2 fully saturated rings. The molecule has 0 aromatic heterocycles. The van der Waals surface area contributed by atoms with Crippen molar-refractivity contribution in [1.29, 1.82) is 0 Å². The number of carbonyl (C=O) groups excluding carboxylic acids is 2. The molecule has 2 aromatic rings. The van der Waals surface area contributed by atoms with Crippen molar-refractivity contribution >= 4 is 41.2 Å². The molecule has 2 aliphatic rings. The van der Waals surface area contributed by atoms with Crippen LogP contribution in [0.3, 0.4) is 0 Å². The zero-order valence-electron chi connectivity index (χ0n) is 17.5. The summed E-state index contributed by atoms with van der Waals surface area (Å²) in [5.74, 6) is -7.49. The number of aliphatic carboxylic acids is 2. The first-order valence-corrected chi connectivity index (χ1v) is 10.2. The summed E-state index contributed by atoms with van der Waals surface area (Å²) in [7, 11) is 0. The Morgan fingerprint density at radius 3 is 2.41 bits per heavy atom. The van der Waals surface area contributed by atoms with Crippen molar-refractivity contribution in [2.24, 2.45) is 11.8 Å². The van der Waals surface area contributed by atoms with E-state index in [2.05, 4.69) is 5.32 Å². The van der Waals surface area contributed by atoms with Crippen LogP contribution in [-0.4, -0.2) is 50.5 Å². The molecule has 11 heteroatoms. The molecule has 0 radical (unpaired) electrons. The van der Waals surface area contributed by atoms with Gasteiger partial charge in [0.2, 0.25) is 11.8 Å². The van der Waals surface area contributed by atoms with Crippen LogP contribution in [-0.2, 0) is 19.2 Å². The molecule has 2 aromatic carbocycles. The van der Waals surface area contributed by atoms with E-state index in [0.717, 1.165) is 11.6 Å². The van der Waals surface area contributed by atoms with Gasteiger partial charge in [0.1, 0.15) is 5.54 Å². The highest BCUT2D eigenvalue weighted by atomic mass is 16.6. The number of carboxylic acids is 2. The first-order chi connectivity index (χ1) is 16.2. The monoisotopic (exact) mass is 465 g/mol. The zero-order valence-corrected chi connectivity index (χ0v) is 17.5. The minimum atomic E-state index is -2.25. The smallest absolute Gasteiger partial charge is 0.325 e. The quantitative estimate of drug-likeness (QED) is 0.313. The summed E-state index contributed by atoms with van der Waals surface area (Å²) < 4.78 is 0. The highest BCUT2D eigenvalue weighted by Gasteiger charge is 2.68. The summed E-state index contributed by atoms with van der Waals surface area (Å²) in [6, 6.07) is 12.8. The lowest BCUT2D eigenvalue weighted by Crippen LogP contribution is -2.57. The van der Waals surface area contributed by atoms with E-state index < -0.39 is 58.5 Å². The number of amides is 2. The minimum absolute atomic E-state index is 0.0843. The second kappa shape index (κ2) is 8.52. The number of rotatable bonds is 7. The number of imide groups is 1. The van der Waals surface area contributed by atoms with Gasteiger partial charge in [-0.2, -0.15) is 0 Å². The average Bonchev–Trinajstić information content (AvgIpc) is 3.26. The Bertz CT molecular complexity index is 1230. The Labute approximate surface area is 192 Å². The van der Waals surface area contributed by atoms with Gasteiger partial charge in [-0.15, -0.1) is 0 Å². The first-order valence-electron chi connectivity index (χ1n) is 10.2. The third kappa shape index (κ3) is 3.71. The van der Waals surface area contributed by atoms with Gasteiger partial charge in [-0.25, -0.2) is 4.90 Å². The molecule has 2 saturated heterocycles. The fraction of sp³-hybridized carbons (Fsp3) is 0.217. The van der Waals surface area contributed by atoms with E-state index >= 15 is 0 Å². The maximum atomic E-state index is 13.4. The molecule has 0 bridgehead atoms. The van der Waals surface area contributed by atoms with Gasteiger partial charge in [-0.3, -0.25) is 34.6 Å². The number of non-ortho nitro benzene ring substituents is 1. The Morgan fingerprint density at radius 2 is 1.79 bits per heavy atom. The van der Waals surface area contributed by atoms with Crippen molar-refractivity contribution in [2.45, 2.75) is 18.0 Å². The van der Waals surface area contributed by atoms with Crippen LogP contribution in [0, 0.1) is 22.0 Å². The van der Waals surface area contributed by atoms with Crippen LogP contribution in [0.2, 0.25) is 0 Å². The standard InChI is InChI=1S/C23H19N3O8/c27-17(28)12-23(22(31)32)19-18(16(24-23)10-9-13-5-2-1-3-6-13)20(29)25(21(19)30)14-7-4-8-15(11-14)26(33)34/h1-11,16,18-19,24H,12H2,(H,27,28)(H,31,32). The van der Waals surface area contributed by atoms with E-state index in [1.165, 1.54) is 24.3 Å². The predicted molar refractivity (Wildman–Crippen MR) is 118 cm³/mol. The lowest BCUT2D eigenvalue weighted by atomic mass is 9.78. The summed E-state index contributed by atoms with van der Waals surface area (Å²) in [6.07, 6.45) is 2.23. The number of nitro benzene ring substituents is 1. The fourth-order valence-corrected chi connectivity index (χ4v) is 4.66. The molecule has 2 aliphatic heterocycles.